The van der Waals surface area contributed by atoms with Gasteiger partial charge in [0.1, 0.15) is 0 Å². The van der Waals surface area contributed by atoms with Crippen LogP contribution in [0.15, 0.2) is 12.1 Å². The molecule has 0 spiro atoms. The molecule has 3 rings (SSSR count). The van der Waals surface area contributed by atoms with Gasteiger partial charge in [-0.05, 0) is 54.2 Å². The maximum Gasteiger partial charge on any atom is 0.310 e. The first-order valence-corrected chi connectivity index (χ1v) is 7.58. The average Bonchev–Trinajstić information content (AvgIpc) is 2.45. The van der Waals surface area contributed by atoms with Gasteiger partial charge in [0.15, 0.2) is 5.75 Å². The van der Waals surface area contributed by atoms with Gasteiger partial charge >= 0.3 is 11.7 Å². The summed E-state index contributed by atoms with van der Waals surface area (Å²) in [6.45, 7) is 2.04. The Bertz CT molecular complexity index is 656. The largest absolute Gasteiger partial charge is 0.502 e. The number of fused-ring (bicyclic) bond motifs is 3. The van der Waals surface area contributed by atoms with Crippen LogP contribution in [0.25, 0.3) is 0 Å². The minimum atomic E-state index is -0.759. The Labute approximate surface area is 127 Å². The van der Waals surface area contributed by atoms with Crippen LogP contribution in [0.2, 0.25) is 0 Å². The molecular formula is C16H19NO5. The number of carboxylic acids is 1. The molecule has 2 N–H and O–H groups in total. The number of carbonyl (C=O) groups is 1. The highest BCUT2D eigenvalue weighted by Crippen LogP contribution is 2.53. The van der Waals surface area contributed by atoms with Gasteiger partial charge < -0.3 is 10.2 Å². The van der Waals surface area contributed by atoms with E-state index in [2.05, 4.69) is 0 Å². The van der Waals surface area contributed by atoms with Gasteiger partial charge in [0, 0.05) is 6.07 Å². The summed E-state index contributed by atoms with van der Waals surface area (Å²) in [5, 5.41) is 30.4. The number of aryl methyl sites for hydroxylation is 1. The lowest BCUT2D eigenvalue weighted by Gasteiger charge is -2.49. The molecule has 0 aromatic heterocycles. The number of benzene rings is 1. The Morgan fingerprint density at radius 1 is 1.41 bits per heavy atom. The predicted molar refractivity (Wildman–Crippen MR) is 78.9 cm³/mol. The van der Waals surface area contributed by atoms with Crippen molar-refractivity contribution in [2.75, 3.05) is 0 Å². The molecule has 0 aliphatic heterocycles. The van der Waals surface area contributed by atoms with E-state index in [0.29, 0.717) is 12.8 Å². The normalized spacial score (nSPS) is 30.2. The maximum absolute atomic E-state index is 11.5. The van der Waals surface area contributed by atoms with Crippen LogP contribution in [0.5, 0.6) is 5.75 Å². The molecule has 1 aromatic rings. The molecule has 3 unspecified atom stereocenters. The van der Waals surface area contributed by atoms with E-state index < -0.39 is 10.9 Å². The first-order chi connectivity index (χ1) is 10.3. The lowest BCUT2D eigenvalue weighted by atomic mass is 9.55. The fourth-order valence-electron chi connectivity index (χ4n) is 4.49. The number of nitrogens with zero attached hydrogens (tertiary/aromatic N) is 1. The highest BCUT2D eigenvalue weighted by molar-refractivity contribution is 5.71. The number of aromatic hydroxyl groups is 1. The SMILES string of the molecule is CC12CCCC(C(=O)O)C1CCc1cc([N+](=O)[O-])c(O)cc12. The molecular weight excluding hydrogens is 286 g/mol. The van der Waals surface area contributed by atoms with E-state index in [1.54, 1.807) is 0 Å². The molecule has 2 aliphatic rings. The highest BCUT2D eigenvalue weighted by Gasteiger charge is 2.49. The summed E-state index contributed by atoms with van der Waals surface area (Å²) in [7, 11) is 0. The molecule has 6 heteroatoms. The predicted octanol–water partition coefficient (Wildman–Crippen LogP) is 3.01. The van der Waals surface area contributed by atoms with E-state index in [0.717, 1.165) is 30.4 Å². The average molecular weight is 305 g/mol. The van der Waals surface area contributed by atoms with Crippen molar-refractivity contribution in [3.63, 3.8) is 0 Å². The first-order valence-electron chi connectivity index (χ1n) is 7.58. The summed E-state index contributed by atoms with van der Waals surface area (Å²) in [5.74, 6) is -1.44. The molecule has 0 amide bonds. The van der Waals surface area contributed by atoms with E-state index in [1.807, 2.05) is 6.92 Å². The van der Waals surface area contributed by atoms with Crippen molar-refractivity contribution in [3.8, 4) is 5.75 Å². The standard InChI is InChI=1S/C16H19NO5/c1-16-6-2-3-10(15(19)20)11(16)5-4-9-7-13(17(21)22)14(18)8-12(9)16/h7-8,10-11,18H,2-6H2,1H3,(H,19,20). The van der Waals surface area contributed by atoms with Crippen LogP contribution in [0.3, 0.4) is 0 Å². The number of rotatable bonds is 2. The highest BCUT2D eigenvalue weighted by atomic mass is 16.6. The Balaban J connectivity index is 2.10. The molecule has 0 saturated heterocycles. The van der Waals surface area contributed by atoms with Crippen molar-refractivity contribution in [1.29, 1.82) is 0 Å². The first kappa shape index (κ1) is 14.8. The minimum Gasteiger partial charge on any atom is -0.502 e. The molecule has 3 atom stereocenters. The fraction of sp³-hybridized carbons (Fsp3) is 0.562. The van der Waals surface area contributed by atoms with E-state index in [-0.39, 0.29) is 28.7 Å². The number of phenols is 1. The zero-order valence-electron chi connectivity index (χ0n) is 12.4. The Kier molecular flexibility index (Phi) is 3.34. The monoisotopic (exact) mass is 305 g/mol. The third-order valence-electron chi connectivity index (χ3n) is 5.57. The summed E-state index contributed by atoms with van der Waals surface area (Å²) in [5.41, 5.74) is 1.15. The number of nitro groups is 1. The van der Waals surface area contributed by atoms with Gasteiger partial charge in [-0.2, -0.15) is 0 Å². The molecule has 0 radical (unpaired) electrons. The van der Waals surface area contributed by atoms with Gasteiger partial charge in [0.05, 0.1) is 10.8 Å². The number of carboxylic acid groups (broad SMARTS) is 1. The van der Waals surface area contributed by atoms with Crippen molar-refractivity contribution >= 4 is 11.7 Å². The molecule has 0 bridgehead atoms. The molecule has 1 fully saturated rings. The smallest absolute Gasteiger partial charge is 0.310 e. The third-order valence-corrected chi connectivity index (χ3v) is 5.57. The van der Waals surface area contributed by atoms with Crippen LogP contribution < -0.4 is 0 Å². The van der Waals surface area contributed by atoms with Crippen molar-refractivity contribution < 1.29 is 19.9 Å². The molecule has 0 heterocycles. The van der Waals surface area contributed by atoms with Gasteiger partial charge in [-0.3, -0.25) is 14.9 Å². The number of phenolic OH excluding ortho intramolecular Hbond substituents is 1. The number of hydrogen-bond donors (Lipinski definition) is 2. The Hall–Kier alpha value is -2.11. The van der Waals surface area contributed by atoms with Gasteiger partial charge in [-0.1, -0.05) is 13.3 Å². The zero-order chi connectivity index (χ0) is 16.1. The number of nitro benzene ring substituents is 1. The molecule has 1 aromatic carbocycles. The summed E-state index contributed by atoms with van der Waals surface area (Å²) in [6, 6.07) is 2.94. The summed E-state index contributed by atoms with van der Waals surface area (Å²) in [4.78, 5) is 21.9. The second kappa shape index (κ2) is 4.97. The van der Waals surface area contributed by atoms with E-state index in [1.165, 1.54) is 12.1 Å². The zero-order valence-corrected chi connectivity index (χ0v) is 12.4. The van der Waals surface area contributed by atoms with Crippen LogP contribution in [-0.2, 0) is 16.6 Å². The van der Waals surface area contributed by atoms with Gasteiger partial charge in [0.2, 0.25) is 0 Å². The molecule has 6 nitrogen and oxygen atoms in total. The third kappa shape index (κ3) is 2.05. The maximum atomic E-state index is 11.5. The van der Waals surface area contributed by atoms with Gasteiger partial charge in [-0.25, -0.2) is 0 Å². The summed E-state index contributed by atoms with van der Waals surface area (Å²) < 4.78 is 0. The molecule has 118 valence electrons. The summed E-state index contributed by atoms with van der Waals surface area (Å²) >= 11 is 0. The lowest BCUT2D eigenvalue weighted by molar-refractivity contribution is -0.386. The van der Waals surface area contributed by atoms with Crippen LogP contribution in [0.1, 0.15) is 43.7 Å². The second-order valence-electron chi connectivity index (χ2n) is 6.65. The minimum absolute atomic E-state index is 0.0205. The van der Waals surface area contributed by atoms with Crippen molar-refractivity contribution in [3.05, 3.63) is 33.4 Å². The quantitative estimate of drug-likeness (QED) is 0.646. The van der Waals surface area contributed by atoms with E-state index >= 15 is 0 Å². The van der Waals surface area contributed by atoms with E-state index in [4.69, 9.17) is 0 Å². The van der Waals surface area contributed by atoms with E-state index in [9.17, 15) is 25.1 Å². The summed E-state index contributed by atoms with van der Waals surface area (Å²) in [6.07, 6.45) is 3.71. The fourth-order valence-corrected chi connectivity index (χ4v) is 4.49. The Morgan fingerprint density at radius 3 is 2.77 bits per heavy atom. The van der Waals surface area contributed by atoms with Crippen molar-refractivity contribution in [2.24, 2.45) is 11.8 Å². The topological polar surface area (TPSA) is 101 Å². The Morgan fingerprint density at radius 2 is 2.14 bits per heavy atom. The number of hydrogen-bond acceptors (Lipinski definition) is 4. The molecule has 2 aliphatic carbocycles. The lowest BCUT2D eigenvalue weighted by Crippen LogP contribution is -2.46. The van der Waals surface area contributed by atoms with Crippen molar-refractivity contribution in [2.45, 2.75) is 44.4 Å². The number of aliphatic carboxylic acids is 1. The van der Waals surface area contributed by atoms with Crippen molar-refractivity contribution in [1.82, 2.24) is 0 Å². The van der Waals surface area contributed by atoms with Crippen LogP contribution in [0.4, 0.5) is 5.69 Å². The second-order valence-corrected chi connectivity index (χ2v) is 6.65. The van der Waals surface area contributed by atoms with Crippen LogP contribution >= 0.6 is 0 Å². The van der Waals surface area contributed by atoms with Crippen LogP contribution in [-0.4, -0.2) is 21.1 Å². The van der Waals surface area contributed by atoms with Gasteiger partial charge in [-0.15, -0.1) is 0 Å². The van der Waals surface area contributed by atoms with Crippen LogP contribution in [0, 0.1) is 22.0 Å². The van der Waals surface area contributed by atoms with Gasteiger partial charge in [0.25, 0.3) is 0 Å². The molecule has 1 saturated carbocycles. The molecule has 22 heavy (non-hydrogen) atoms.